The second-order valence-corrected chi connectivity index (χ2v) is 27.7. The third kappa shape index (κ3) is 12.7. The molecule has 0 bridgehead atoms. The molecule has 23 heteroatoms. The number of carbonyl (C=O) groups is 1. The molecule has 2 fully saturated rings. The average molecular weight is 1110 g/mol. The molecule has 3 aromatic heterocycles. The summed E-state index contributed by atoms with van der Waals surface area (Å²) in [4.78, 5) is 54.1. The van der Waals surface area contributed by atoms with Crippen LogP contribution in [0.5, 0.6) is 11.5 Å². The fraction of sp³-hybridized carbons (Fsp3) is 0.407. The zero-order chi connectivity index (χ0) is 55.1. The van der Waals surface area contributed by atoms with Crippen molar-refractivity contribution in [2.75, 3.05) is 46.0 Å². The number of aryl methyl sites for hydroxylation is 1. The first-order chi connectivity index (χ1) is 36.8. The van der Waals surface area contributed by atoms with E-state index in [1.165, 1.54) is 23.2 Å². The van der Waals surface area contributed by atoms with Gasteiger partial charge in [0.05, 0.1) is 52.6 Å². The van der Waals surface area contributed by atoms with Crippen molar-refractivity contribution in [1.82, 2.24) is 29.1 Å². The van der Waals surface area contributed by atoms with Crippen molar-refractivity contribution < 1.29 is 51.2 Å². The van der Waals surface area contributed by atoms with Crippen molar-refractivity contribution in [3.8, 4) is 11.5 Å². The Kier molecular flexibility index (Phi) is 17.9. The van der Waals surface area contributed by atoms with Crippen molar-refractivity contribution in [2.45, 2.75) is 101 Å². The predicted octanol–water partition coefficient (Wildman–Crippen LogP) is 9.24. The van der Waals surface area contributed by atoms with Gasteiger partial charge in [-0.2, -0.15) is 0 Å². The lowest BCUT2D eigenvalue weighted by Gasteiger charge is -2.39. The highest BCUT2D eigenvalue weighted by molar-refractivity contribution is 8.07. The number of benzene rings is 3. The van der Waals surface area contributed by atoms with Crippen LogP contribution in [-0.4, -0.2) is 109 Å². The van der Waals surface area contributed by atoms with Gasteiger partial charge in [-0.25, -0.2) is 24.5 Å². The Balaban J connectivity index is 1.17. The summed E-state index contributed by atoms with van der Waals surface area (Å²) in [6.07, 6.45) is 2.35. The number of amides is 1. The van der Waals surface area contributed by atoms with Crippen LogP contribution in [0.15, 0.2) is 133 Å². The zero-order valence-electron chi connectivity index (χ0n) is 44.4. The molecule has 6 aromatic rings. The summed E-state index contributed by atoms with van der Waals surface area (Å²) in [7, 11) is 0.769. The van der Waals surface area contributed by atoms with Crippen molar-refractivity contribution in [3.63, 3.8) is 0 Å². The first kappa shape index (κ1) is 57.0. The van der Waals surface area contributed by atoms with Crippen LogP contribution >= 0.6 is 6.72 Å². The molecule has 0 aliphatic carbocycles. The summed E-state index contributed by atoms with van der Waals surface area (Å²) in [5, 5.41) is 2.46. The van der Waals surface area contributed by atoms with Gasteiger partial charge in [0, 0.05) is 24.6 Å². The molecule has 5 heterocycles. The zero-order valence-corrected chi connectivity index (χ0v) is 47.1. The summed E-state index contributed by atoms with van der Waals surface area (Å²) in [6, 6.07) is 25.2. The normalized spacial score (nSPS) is 20.6. The van der Waals surface area contributed by atoms with E-state index in [-0.39, 0.29) is 55.6 Å². The molecular weight excluding hydrogens is 1050 g/mol. The number of hydrogen-bond donors (Lipinski definition) is 2. The van der Waals surface area contributed by atoms with Crippen LogP contribution in [0.2, 0.25) is 18.1 Å². The Morgan fingerprint density at radius 2 is 1.43 bits per heavy atom. The number of anilines is 1. The van der Waals surface area contributed by atoms with Crippen LogP contribution in [0.4, 0.5) is 10.6 Å². The van der Waals surface area contributed by atoms with Crippen LogP contribution in [0.1, 0.15) is 68.3 Å². The molecule has 0 radical (unpaired) electrons. The van der Waals surface area contributed by atoms with Crippen molar-refractivity contribution >= 4 is 49.9 Å². The van der Waals surface area contributed by atoms with E-state index in [9.17, 15) is 14.4 Å². The van der Waals surface area contributed by atoms with Gasteiger partial charge in [0.1, 0.15) is 54.7 Å². The second-order valence-electron chi connectivity index (χ2n) is 20.0. The number of carbonyl (C=O) groups excluding carboxylic acids is 1. The van der Waals surface area contributed by atoms with Gasteiger partial charge in [-0.3, -0.25) is 24.2 Å². The van der Waals surface area contributed by atoms with E-state index in [1.54, 1.807) is 38.1 Å². The molecule has 2 aliphatic heterocycles. The summed E-state index contributed by atoms with van der Waals surface area (Å²) in [6.45, 7) is 15.7. The Morgan fingerprint density at radius 3 is 2.04 bits per heavy atom. The lowest BCUT2D eigenvalue weighted by molar-refractivity contribution is -0.0927. The molecule has 0 spiro atoms. The maximum absolute atomic E-state index is 13.2. The van der Waals surface area contributed by atoms with Crippen molar-refractivity contribution in [1.29, 1.82) is 0 Å². The number of H-pyrrole nitrogens is 1. The van der Waals surface area contributed by atoms with Crippen LogP contribution in [-0.2, 0) is 54.4 Å². The van der Waals surface area contributed by atoms with Gasteiger partial charge in [0.15, 0.2) is 25.3 Å². The largest absolute Gasteiger partial charge is 0.497 e. The maximum atomic E-state index is 13.2. The van der Waals surface area contributed by atoms with Gasteiger partial charge in [0.2, 0.25) is 0 Å². The third-order valence-corrected chi connectivity index (χ3v) is 20.8. The number of imidazole rings is 1. The van der Waals surface area contributed by atoms with E-state index in [1.807, 2.05) is 78.9 Å². The number of nitrogens with zero attached hydrogens (tertiary/aromatic N) is 5. The van der Waals surface area contributed by atoms with E-state index >= 15 is 0 Å². The van der Waals surface area contributed by atoms with Crippen molar-refractivity contribution in [3.05, 3.63) is 166 Å². The fourth-order valence-electron chi connectivity index (χ4n) is 8.91. The quantitative estimate of drug-likeness (QED) is 0.0264. The number of methoxy groups -OCH3 is 2. The third-order valence-electron chi connectivity index (χ3n) is 13.9. The molecule has 2 saturated heterocycles. The smallest absolute Gasteiger partial charge is 0.413 e. The highest BCUT2D eigenvalue weighted by Crippen LogP contribution is 2.55. The molecule has 20 nitrogen and oxygen atoms in total. The Labute approximate surface area is 453 Å². The molecule has 0 saturated carbocycles. The lowest BCUT2D eigenvalue weighted by Crippen LogP contribution is -2.46. The topological polar surface area (TPSA) is 220 Å². The lowest BCUT2D eigenvalue weighted by atomic mass is 9.80. The Morgan fingerprint density at radius 1 is 0.831 bits per heavy atom. The summed E-state index contributed by atoms with van der Waals surface area (Å²) in [5.74, 6) is 1.44. The van der Waals surface area contributed by atoms with E-state index in [0.29, 0.717) is 22.7 Å². The number of fused-ring (bicyclic) bond motifs is 1. The fourth-order valence-corrected chi connectivity index (χ4v) is 12.3. The highest BCUT2D eigenvalue weighted by atomic mass is 32.5. The maximum Gasteiger partial charge on any atom is 0.413 e. The molecule has 7 atom stereocenters. The minimum Gasteiger partial charge on any atom is -0.497 e. The number of aromatic amines is 1. The minimum atomic E-state index is -3.80. The highest BCUT2D eigenvalue weighted by Gasteiger charge is 2.48. The molecule has 3 aromatic carbocycles. The van der Waals surface area contributed by atoms with Gasteiger partial charge in [-0.15, -0.1) is 6.58 Å². The number of ether oxygens (including phenoxy) is 6. The molecular formula is C54H66N7O13PSSi. The van der Waals surface area contributed by atoms with E-state index < -0.39 is 74.9 Å². The second kappa shape index (κ2) is 24.2. The summed E-state index contributed by atoms with van der Waals surface area (Å²) < 4.78 is 67.4. The molecule has 77 heavy (non-hydrogen) atoms. The van der Waals surface area contributed by atoms with Gasteiger partial charge in [-0.1, -0.05) is 94.1 Å². The summed E-state index contributed by atoms with van der Waals surface area (Å²) >= 11 is 6.31. The molecule has 1 amide bonds. The number of aromatic nitrogens is 6. The first-order valence-electron chi connectivity index (χ1n) is 25.0. The Bertz CT molecular complexity index is 3140. The molecule has 1 unspecified atom stereocenters. The van der Waals surface area contributed by atoms with Gasteiger partial charge in [0.25, 0.3) is 5.56 Å². The minimum absolute atomic E-state index is 0.0116. The molecule has 410 valence electrons. The van der Waals surface area contributed by atoms with E-state index in [0.717, 1.165) is 16.7 Å². The number of nitrogens with one attached hydrogen (secondary N) is 2. The van der Waals surface area contributed by atoms with Crippen molar-refractivity contribution in [2.24, 2.45) is 0 Å². The average Bonchev–Trinajstić information content (AvgIpc) is 4.19. The monoisotopic (exact) mass is 1110 g/mol. The predicted molar refractivity (Wildman–Crippen MR) is 295 cm³/mol. The van der Waals surface area contributed by atoms with Crippen LogP contribution in [0.25, 0.3) is 11.2 Å². The number of rotatable bonds is 23. The number of hydrogen-bond acceptors (Lipinski definition) is 17. The van der Waals surface area contributed by atoms with Crippen LogP contribution in [0, 0.1) is 6.92 Å². The van der Waals surface area contributed by atoms with Crippen LogP contribution < -0.4 is 26.0 Å². The van der Waals surface area contributed by atoms with E-state index in [2.05, 4.69) is 72.3 Å². The van der Waals surface area contributed by atoms with Gasteiger partial charge < -0.3 is 46.4 Å². The Hall–Kier alpha value is -6.17. The first-order valence-corrected chi connectivity index (χ1v) is 30.5. The molecule has 8 rings (SSSR count). The summed E-state index contributed by atoms with van der Waals surface area (Å²) in [5.41, 5.74) is 1.01. The van der Waals surface area contributed by atoms with Gasteiger partial charge >= 0.3 is 18.5 Å². The van der Waals surface area contributed by atoms with Gasteiger partial charge in [-0.05, 0) is 77.8 Å². The van der Waals surface area contributed by atoms with E-state index in [4.69, 9.17) is 58.2 Å². The molecule has 2 aliphatic rings. The SMILES string of the molecule is C=CCOC(=O)Nc1ncnc2c1ncn2[C@H]1C[C@H](OP(=S)(OCC=C)OC[C@H]2O[C@@H](n3cc(C)c(=O)[nH]c3=O)C[C@@H]2O[Si](C)(C)C(C)(C)C)[C@@H](COC(c2ccccc2)(c2ccc(OC)cc2)c2ccc(OC)cc2)O1. The van der Waals surface area contributed by atoms with Crippen LogP contribution in [0.3, 0.4) is 0 Å². The molecule has 2 N–H and O–H groups in total. The standard InChI is InChI=1S/C54H66N7O13PSSi/c1-11-26-67-52(64)58-48-47-49(56-33-55-48)61(34-57-47)46-28-41(43(71-46)31-68-54(36-16-14-13-15-17-36,37-18-22-39(65-7)23-19-37)38-20-24-40(66-8)25-21-38)73-75(76,69-27-12-2)70-32-44-42(74-77(9,10)53(4,5)6)29-45(72-44)60-30-35(3)50(62)59-51(60)63/h11-25,30,33-34,41-46H,1-2,26-29,31-32H2,3-10H3,(H,59,62,63)(H,55,56,58,64)/t41-,42-,43+,44+,45+,46+,75?/m0/s1.